The maximum atomic E-state index is 13.0. The van der Waals surface area contributed by atoms with E-state index in [-0.39, 0.29) is 4.90 Å². The summed E-state index contributed by atoms with van der Waals surface area (Å²) in [7, 11) is -4.00. The van der Waals surface area contributed by atoms with Crippen LogP contribution in [0.4, 0.5) is 4.39 Å². The minimum absolute atomic E-state index is 0.103. The average molecular weight is 346 g/mol. The maximum absolute atomic E-state index is 13.0. The van der Waals surface area contributed by atoms with Crippen molar-refractivity contribution in [1.29, 1.82) is 5.26 Å². The minimum Gasteiger partial charge on any atom is -0.395 e. The highest BCUT2D eigenvalue weighted by Crippen LogP contribution is 2.43. The molecule has 24 heavy (non-hydrogen) atoms. The van der Waals surface area contributed by atoms with Crippen LogP contribution in [0.15, 0.2) is 59.5 Å². The van der Waals surface area contributed by atoms with Crippen LogP contribution in [-0.4, -0.2) is 36.5 Å². The third-order valence-electron chi connectivity index (χ3n) is 4.25. The molecule has 1 aliphatic rings. The van der Waals surface area contributed by atoms with Gasteiger partial charge in [0.25, 0.3) is 0 Å². The quantitative estimate of drug-likeness (QED) is 0.916. The number of aliphatic hydroxyl groups excluding tert-OH is 1. The Morgan fingerprint density at radius 1 is 1.12 bits per heavy atom. The minimum atomic E-state index is -4.00. The van der Waals surface area contributed by atoms with Gasteiger partial charge in [-0.2, -0.15) is 9.57 Å². The van der Waals surface area contributed by atoms with Crippen molar-refractivity contribution < 1.29 is 17.9 Å². The number of nitrogens with zero attached hydrogens (tertiary/aromatic N) is 2. The second-order valence-corrected chi connectivity index (χ2v) is 7.39. The van der Waals surface area contributed by atoms with Crippen LogP contribution in [0, 0.1) is 17.1 Å². The van der Waals surface area contributed by atoms with Crippen molar-refractivity contribution >= 4 is 10.0 Å². The molecule has 3 rings (SSSR count). The summed E-state index contributed by atoms with van der Waals surface area (Å²) >= 11 is 0. The summed E-state index contributed by atoms with van der Waals surface area (Å²) in [6.45, 7) is -0.405. The molecule has 1 N–H and O–H groups in total. The number of nitriles is 1. The van der Waals surface area contributed by atoms with Gasteiger partial charge in [0.05, 0.1) is 23.6 Å². The van der Waals surface area contributed by atoms with Crippen molar-refractivity contribution in [2.24, 2.45) is 0 Å². The first kappa shape index (κ1) is 16.6. The summed E-state index contributed by atoms with van der Waals surface area (Å²) in [4.78, 5) is -0.103. The summed E-state index contributed by atoms with van der Waals surface area (Å²) in [5.74, 6) is -0.952. The van der Waals surface area contributed by atoms with Gasteiger partial charge in [-0.25, -0.2) is 12.8 Å². The van der Waals surface area contributed by atoms with Crippen molar-refractivity contribution in [1.82, 2.24) is 4.31 Å². The predicted molar refractivity (Wildman–Crippen MR) is 84.9 cm³/mol. The Morgan fingerprint density at radius 3 is 2.29 bits per heavy atom. The van der Waals surface area contributed by atoms with E-state index < -0.39 is 40.4 Å². The van der Waals surface area contributed by atoms with E-state index in [1.54, 1.807) is 24.3 Å². The Labute approximate surface area is 139 Å². The van der Waals surface area contributed by atoms with Crippen LogP contribution < -0.4 is 0 Å². The Balaban J connectivity index is 1.99. The van der Waals surface area contributed by atoms with Crippen LogP contribution in [0.1, 0.15) is 11.5 Å². The van der Waals surface area contributed by atoms with Gasteiger partial charge in [-0.05, 0) is 29.8 Å². The number of benzene rings is 2. The van der Waals surface area contributed by atoms with Gasteiger partial charge in [-0.15, -0.1) is 0 Å². The van der Waals surface area contributed by atoms with Crippen LogP contribution in [0.25, 0.3) is 0 Å². The van der Waals surface area contributed by atoms with Gasteiger partial charge in [-0.1, -0.05) is 30.3 Å². The number of aliphatic hydroxyl groups is 1. The molecule has 0 spiro atoms. The second kappa shape index (κ2) is 6.32. The summed E-state index contributed by atoms with van der Waals surface area (Å²) in [6, 6.07) is 13.8. The SMILES string of the molecule is N#C[C@H]1[C@H](c2ccccc2)[C@H](CO)N1S(=O)(=O)c1ccc(F)cc1. The van der Waals surface area contributed by atoms with Crippen LogP contribution in [-0.2, 0) is 10.0 Å². The first-order valence-electron chi connectivity index (χ1n) is 7.35. The van der Waals surface area contributed by atoms with Crippen molar-refractivity contribution in [2.45, 2.75) is 22.9 Å². The molecule has 7 heteroatoms. The number of sulfonamides is 1. The van der Waals surface area contributed by atoms with Gasteiger partial charge < -0.3 is 5.11 Å². The third-order valence-corrected chi connectivity index (χ3v) is 6.17. The molecule has 124 valence electrons. The summed E-state index contributed by atoms with van der Waals surface area (Å²) in [5.41, 5.74) is 0.800. The highest BCUT2D eigenvalue weighted by Gasteiger charge is 2.55. The average Bonchev–Trinajstić information content (AvgIpc) is 2.56. The fourth-order valence-electron chi connectivity index (χ4n) is 3.10. The van der Waals surface area contributed by atoms with Crippen LogP contribution >= 0.6 is 0 Å². The molecule has 0 amide bonds. The molecule has 0 aromatic heterocycles. The molecular formula is C17H15FN2O3S. The van der Waals surface area contributed by atoms with E-state index in [1.165, 1.54) is 0 Å². The zero-order valence-electron chi connectivity index (χ0n) is 12.6. The standard InChI is InChI=1S/C17H15FN2O3S/c18-13-6-8-14(9-7-13)24(22,23)20-15(10-19)17(16(20)11-21)12-4-2-1-3-5-12/h1-9,15-17,21H,11H2/t15-,16-,17-/m0/s1. The van der Waals surface area contributed by atoms with E-state index in [0.29, 0.717) is 0 Å². The molecule has 5 nitrogen and oxygen atoms in total. The molecular weight excluding hydrogens is 331 g/mol. The van der Waals surface area contributed by atoms with Gasteiger partial charge >= 0.3 is 0 Å². The maximum Gasteiger partial charge on any atom is 0.244 e. The van der Waals surface area contributed by atoms with Crippen molar-refractivity contribution in [3.8, 4) is 6.07 Å². The predicted octanol–water partition coefficient (Wildman–Crippen LogP) is 1.87. The van der Waals surface area contributed by atoms with E-state index in [1.807, 2.05) is 12.1 Å². The summed E-state index contributed by atoms with van der Waals surface area (Å²) in [5, 5.41) is 19.1. The summed E-state index contributed by atoms with van der Waals surface area (Å²) < 4.78 is 39.6. The molecule has 0 saturated carbocycles. The highest BCUT2D eigenvalue weighted by molar-refractivity contribution is 7.89. The van der Waals surface area contributed by atoms with Crippen molar-refractivity contribution in [2.75, 3.05) is 6.61 Å². The van der Waals surface area contributed by atoms with Gasteiger partial charge in [-0.3, -0.25) is 0 Å². The van der Waals surface area contributed by atoms with E-state index in [9.17, 15) is 23.2 Å². The smallest absolute Gasteiger partial charge is 0.244 e. The van der Waals surface area contributed by atoms with Gasteiger partial charge in [0.1, 0.15) is 11.9 Å². The lowest BCUT2D eigenvalue weighted by molar-refractivity contribution is 0.0557. The Morgan fingerprint density at radius 2 is 1.75 bits per heavy atom. The molecule has 1 saturated heterocycles. The number of halogens is 1. The molecule has 2 aromatic carbocycles. The van der Waals surface area contributed by atoms with Crippen LogP contribution in [0.5, 0.6) is 0 Å². The molecule has 0 unspecified atom stereocenters. The normalized spacial score (nSPS) is 24.1. The number of rotatable bonds is 4. The van der Waals surface area contributed by atoms with Crippen LogP contribution in [0.3, 0.4) is 0 Å². The number of hydrogen-bond donors (Lipinski definition) is 1. The Kier molecular flexibility index (Phi) is 4.37. The lowest BCUT2D eigenvalue weighted by Crippen LogP contribution is -2.64. The molecule has 1 fully saturated rings. The van der Waals surface area contributed by atoms with E-state index in [2.05, 4.69) is 0 Å². The zero-order valence-corrected chi connectivity index (χ0v) is 13.4. The molecule has 0 radical (unpaired) electrons. The second-order valence-electron chi connectivity index (χ2n) is 5.55. The van der Waals surface area contributed by atoms with Crippen molar-refractivity contribution in [3.63, 3.8) is 0 Å². The molecule has 1 heterocycles. The van der Waals surface area contributed by atoms with E-state index in [4.69, 9.17) is 0 Å². The number of hydrogen-bond acceptors (Lipinski definition) is 4. The molecule has 1 aliphatic heterocycles. The lowest BCUT2D eigenvalue weighted by atomic mass is 9.78. The lowest BCUT2D eigenvalue weighted by Gasteiger charge is -2.50. The zero-order chi connectivity index (χ0) is 17.3. The van der Waals surface area contributed by atoms with Gasteiger partial charge in [0.2, 0.25) is 10.0 Å². The fraction of sp³-hybridized carbons (Fsp3) is 0.235. The topological polar surface area (TPSA) is 81.4 Å². The largest absolute Gasteiger partial charge is 0.395 e. The molecule has 2 aromatic rings. The monoisotopic (exact) mass is 346 g/mol. The molecule has 3 atom stereocenters. The third kappa shape index (κ3) is 2.59. The Hall–Kier alpha value is -2.27. The summed E-state index contributed by atoms with van der Waals surface area (Å²) in [6.07, 6.45) is 0. The van der Waals surface area contributed by atoms with Crippen molar-refractivity contribution in [3.05, 3.63) is 66.0 Å². The van der Waals surface area contributed by atoms with Gasteiger partial charge in [0, 0.05) is 5.92 Å². The highest BCUT2D eigenvalue weighted by atomic mass is 32.2. The van der Waals surface area contributed by atoms with E-state index >= 15 is 0 Å². The molecule has 0 aliphatic carbocycles. The Bertz CT molecular complexity index is 863. The first-order valence-corrected chi connectivity index (χ1v) is 8.79. The fourth-order valence-corrected chi connectivity index (χ4v) is 4.85. The van der Waals surface area contributed by atoms with Crippen LogP contribution in [0.2, 0.25) is 0 Å². The molecule has 0 bridgehead atoms. The van der Waals surface area contributed by atoms with E-state index in [0.717, 1.165) is 34.1 Å². The van der Waals surface area contributed by atoms with Gasteiger partial charge in [0.15, 0.2) is 0 Å². The first-order chi connectivity index (χ1) is 11.5.